The first-order valence-corrected chi connectivity index (χ1v) is 13.2. The molecule has 2 N–H and O–H groups in total. The zero-order valence-corrected chi connectivity index (χ0v) is 21.7. The quantitative estimate of drug-likeness (QED) is 0.503. The molecule has 1 amide bonds. The van der Waals surface area contributed by atoms with Gasteiger partial charge in [-0.05, 0) is 68.9 Å². The smallest absolute Gasteiger partial charge is 0.269 e. The lowest BCUT2D eigenvalue weighted by atomic mass is 9.82. The number of rotatable bonds is 7. The first-order valence-electron chi connectivity index (χ1n) is 12.9. The number of aromatic amines is 1. The number of carbonyl (C=O) groups excluding carboxylic acids is 1. The van der Waals surface area contributed by atoms with Crippen LogP contribution in [0.1, 0.15) is 59.0 Å². The average Bonchev–Trinajstić information content (AvgIpc) is 3.55. The van der Waals surface area contributed by atoms with Gasteiger partial charge in [-0.3, -0.25) is 19.5 Å². The van der Waals surface area contributed by atoms with E-state index in [9.17, 15) is 4.79 Å². The summed E-state index contributed by atoms with van der Waals surface area (Å²) in [5.41, 5.74) is 4.17. The van der Waals surface area contributed by atoms with E-state index in [0.29, 0.717) is 36.8 Å². The predicted octanol–water partition coefficient (Wildman–Crippen LogP) is 3.87. The molecule has 0 unspecified atom stereocenters. The molecule has 1 aliphatic carbocycles. The summed E-state index contributed by atoms with van der Waals surface area (Å²) < 4.78 is 8.24. The lowest BCUT2D eigenvalue weighted by Gasteiger charge is -2.46. The summed E-state index contributed by atoms with van der Waals surface area (Å²) >= 11 is 6.11. The summed E-state index contributed by atoms with van der Waals surface area (Å²) in [6.45, 7) is 4.04. The number of halogens is 1. The molecule has 8 nitrogen and oxygen atoms in total. The molecule has 2 aliphatic rings. The average molecular weight is 511 g/mol. The summed E-state index contributed by atoms with van der Waals surface area (Å²) in [6, 6.07) is 12.8. The number of morpholine rings is 1. The van der Waals surface area contributed by atoms with Crippen LogP contribution >= 0.6 is 11.6 Å². The molecule has 0 spiro atoms. The van der Waals surface area contributed by atoms with Crippen LogP contribution in [-0.2, 0) is 18.2 Å². The van der Waals surface area contributed by atoms with E-state index in [-0.39, 0.29) is 12.0 Å². The normalized spacial score (nSPS) is 25.1. The van der Waals surface area contributed by atoms with E-state index < -0.39 is 0 Å². The van der Waals surface area contributed by atoms with E-state index in [1.165, 1.54) is 17.0 Å². The largest absolute Gasteiger partial charge is 0.373 e. The summed E-state index contributed by atoms with van der Waals surface area (Å²) in [5.74, 6) is 0.374. The maximum absolute atomic E-state index is 12.4. The van der Waals surface area contributed by atoms with Gasteiger partial charge in [-0.1, -0.05) is 23.7 Å². The van der Waals surface area contributed by atoms with E-state index in [4.69, 9.17) is 21.4 Å². The van der Waals surface area contributed by atoms with Crippen LogP contribution in [0.25, 0.3) is 0 Å². The highest BCUT2D eigenvalue weighted by Gasteiger charge is 2.36. The van der Waals surface area contributed by atoms with Crippen LogP contribution in [-0.4, -0.2) is 68.7 Å². The molecule has 5 rings (SSSR count). The topological polar surface area (TPSA) is 88.1 Å². The molecule has 1 aromatic carbocycles. The first kappa shape index (κ1) is 25.0. The Hall–Kier alpha value is -2.68. The standard InChI is InChI=1S/C27H35ClN6O2/c1-18-13-26(32-33(18)2)20-5-9-22(10-6-20)34-16-24(15-29-27(35)25-11-12-30-31-25)36-17-23(34)14-19-3-7-21(28)8-4-19/h3-4,7-8,11-13,20,22-24H,5-6,9-10,14-17H2,1-2H3,(H,29,35)(H,30,31)/t20?,22?,23-,24-/m0/s1. The van der Waals surface area contributed by atoms with Crippen LogP contribution < -0.4 is 5.32 Å². The van der Waals surface area contributed by atoms with Crippen LogP contribution in [0, 0.1) is 6.92 Å². The number of amides is 1. The molecule has 36 heavy (non-hydrogen) atoms. The molecule has 1 aliphatic heterocycles. The minimum absolute atomic E-state index is 0.0468. The molecule has 0 bridgehead atoms. The van der Waals surface area contributed by atoms with Gasteiger partial charge in [0.05, 0.1) is 18.4 Å². The Labute approximate surface area is 217 Å². The Bertz CT molecular complexity index is 1120. The summed E-state index contributed by atoms with van der Waals surface area (Å²) in [5, 5.41) is 15.1. The minimum Gasteiger partial charge on any atom is -0.373 e. The third-order valence-corrected chi connectivity index (χ3v) is 8.00. The van der Waals surface area contributed by atoms with Crippen molar-refractivity contribution >= 4 is 17.5 Å². The fraction of sp³-hybridized carbons (Fsp3) is 0.519. The van der Waals surface area contributed by atoms with Gasteiger partial charge in [0.2, 0.25) is 0 Å². The van der Waals surface area contributed by atoms with Crippen molar-refractivity contribution in [3.63, 3.8) is 0 Å². The number of ether oxygens (including phenoxy) is 1. The monoisotopic (exact) mass is 510 g/mol. The number of hydrogen-bond acceptors (Lipinski definition) is 5. The zero-order valence-electron chi connectivity index (χ0n) is 21.0. The van der Waals surface area contributed by atoms with Gasteiger partial charge in [0.25, 0.3) is 5.91 Å². The van der Waals surface area contributed by atoms with E-state index in [1.54, 1.807) is 12.3 Å². The number of aromatic nitrogens is 4. The Morgan fingerprint density at radius 2 is 1.97 bits per heavy atom. The molecule has 0 radical (unpaired) electrons. The molecule has 2 fully saturated rings. The Kier molecular flexibility index (Phi) is 7.74. The van der Waals surface area contributed by atoms with Crippen molar-refractivity contribution in [2.75, 3.05) is 19.7 Å². The molecular formula is C27H35ClN6O2. The van der Waals surface area contributed by atoms with E-state index in [1.807, 2.05) is 23.9 Å². The van der Waals surface area contributed by atoms with Gasteiger partial charge < -0.3 is 10.1 Å². The second kappa shape index (κ2) is 11.2. The van der Waals surface area contributed by atoms with Crippen LogP contribution in [0.3, 0.4) is 0 Å². The SMILES string of the molecule is Cc1cc(C2CCC(N3C[C@H](CNC(=O)c4ccn[nH]4)OC[C@@H]3Cc3ccc(Cl)cc3)CC2)nn1C. The van der Waals surface area contributed by atoms with Gasteiger partial charge in [-0.15, -0.1) is 0 Å². The van der Waals surface area contributed by atoms with Gasteiger partial charge in [-0.2, -0.15) is 10.2 Å². The van der Waals surface area contributed by atoms with E-state index in [0.717, 1.165) is 43.7 Å². The maximum atomic E-state index is 12.4. The van der Waals surface area contributed by atoms with Gasteiger partial charge in [0.1, 0.15) is 5.69 Å². The zero-order chi connectivity index (χ0) is 25.1. The van der Waals surface area contributed by atoms with Gasteiger partial charge in [0, 0.05) is 55.1 Å². The van der Waals surface area contributed by atoms with Crippen LogP contribution in [0.15, 0.2) is 42.6 Å². The lowest BCUT2D eigenvalue weighted by Crippen LogP contribution is -2.57. The lowest BCUT2D eigenvalue weighted by molar-refractivity contribution is -0.0822. The number of benzene rings is 1. The molecule has 1 saturated heterocycles. The highest BCUT2D eigenvalue weighted by molar-refractivity contribution is 6.30. The first-order chi connectivity index (χ1) is 17.5. The van der Waals surface area contributed by atoms with E-state index in [2.05, 4.69) is 45.5 Å². The Morgan fingerprint density at radius 3 is 2.64 bits per heavy atom. The van der Waals surface area contributed by atoms with Gasteiger partial charge >= 0.3 is 0 Å². The summed E-state index contributed by atoms with van der Waals surface area (Å²) in [7, 11) is 2.02. The number of nitrogens with zero attached hydrogens (tertiary/aromatic N) is 4. The van der Waals surface area contributed by atoms with Crippen molar-refractivity contribution in [2.24, 2.45) is 7.05 Å². The number of carbonyl (C=O) groups is 1. The highest BCUT2D eigenvalue weighted by Crippen LogP contribution is 2.36. The fourth-order valence-electron chi connectivity index (χ4n) is 5.59. The summed E-state index contributed by atoms with van der Waals surface area (Å²) in [4.78, 5) is 15.0. The van der Waals surface area contributed by atoms with Gasteiger partial charge in [0.15, 0.2) is 0 Å². The van der Waals surface area contributed by atoms with Crippen molar-refractivity contribution in [1.29, 1.82) is 0 Å². The van der Waals surface area contributed by atoms with Crippen LogP contribution in [0.5, 0.6) is 0 Å². The molecule has 3 aromatic rings. The summed E-state index contributed by atoms with van der Waals surface area (Å²) in [6.07, 6.45) is 7.03. The predicted molar refractivity (Wildman–Crippen MR) is 139 cm³/mol. The fourth-order valence-corrected chi connectivity index (χ4v) is 5.72. The van der Waals surface area contributed by atoms with E-state index >= 15 is 0 Å². The molecule has 3 heterocycles. The molecular weight excluding hydrogens is 476 g/mol. The van der Waals surface area contributed by atoms with Crippen molar-refractivity contribution in [3.05, 3.63) is 70.3 Å². The molecule has 192 valence electrons. The molecule has 1 saturated carbocycles. The van der Waals surface area contributed by atoms with Crippen molar-refractivity contribution in [3.8, 4) is 0 Å². The second-order valence-corrected chi connectivity index (χ2v) is 10.6. The second-order valence-electron chi connectivity index (χ2n) is 10.2. The molecule has 2 aromatic heterocycles. The van der Waals surface area contributed by atoms with Crippen LogP contribution in [0.4, 0.5) is 0 Å². The van der Waals surface area contributed by atoms with Crippen LogP contribution in [0.2, 0.25) is 5.02 Å². The van der Waals surface area contributed by atoms with Crippen molar-refractivity contribution in [1.82, 2.24) is 30.2 Å². The number of hydrogen-bond donors (Lipinski definition) is 2. The Balaban J connectivity index is 1.24. The Morgan fingerprint density at radius 1 is 1.19 bits per heavy atom. The third-order valence-electron chi connectivity index (χ3n) is 7.74. The highest BCUT2D eigenvalue weighted by atomic mass is 35.5. The molecule has 9 heteroatoms. The number of H-pyrrole nitrogens is 1. The maximum Gasteiger partial charge on any atom is 0.269 e. The molecule has 2 atom stereocenters. The van der Waals surface area contributed by atoms with Crippen molar-refractivity contribution < 1.29 is 9.53 Å². The minimum atomic E-state index is -0.155. The third kappa shape index (κ3) is 5.82. The number of nitrogens with one attached hydrogen (secondary N) is 2. The van der Waals surface area contributed by atoms with Crippen molar-refractivity contribution in [2.45, 2.75) is 63.1 Å². The van der Waals surface area contributed by atoms with Gasteiger partial charge in [-0.25, -0.2) is 0 Å². The number of aryl methyl sites for hydroxylation is 2.